The van der Waals surface area contributed by atoms with E-state index in [0.717, 1.165) is 26.1 Å². The van der Waals surface area contributed by atoms with Crippen LogP contribution in [-0.2, 0) is 19.5 Å². The van der Waals surface area contributed by atoms with E-state index in [1.165, 1.54) is 36.7 Å². The number of aromatic carboxylic acids is 1. The molecule has 3 aromatic heterocycles. The lowest BCUT2D eigenvalue weighted by atomic mass is 10.1. The van der Waals surface area contributed by atoms with Crippen LogP contribution < -0.4 is 0 Å². The Morgan fingerprint density at radius 1 is 1.36 bits per heavy atom. The summed E-state index contributed by atoms with van der Waals surface area (Å²) in [5.74, 6) is -0.817. The zero-order valence-electron chi connectivity index (χ0n) is 11.8. The SMILES string of the molecule is O=C(O)c1cc2c(s1)CN(Cc1cc3ccncc3s1)CC2. The van der Waals surface area contributed by atoms with E-state index in [2.05, 4.69) is 16.0 Å². The predicted molar refractivity (Wildman–Crippen MR) is 88.7 cm³/mol. The highest BCUT2D eigenvalue weighted by atomic mass is 32.1. The maximum Gasteiger partial charge on any atom is 0.345 e. The van der Waals surface area contributed by atoms with E-state index in [-0.39, 0.29) is 0 Å². The van der Waals surface area contributed by atoms with Gasteiger partial charge in [0.15, 0.2) is 0 Å². The number of hydrogen-bond donors (Lipinski definition) is 1. The van der Waals surface area contributed by atoms with Gasteiger partial charge in [-0.2, -0.15) is 0 Å². The van der Waals surface area contributed by atoms with Crippen LogP contribution in [0.4, 0.5) is 0 Å². The Morgan fingerprint density at radius 2 is 2.27 bits per heavy atom. The zero-order valence-corrected chi connectivity index (χ0v) is 13.4. The number of carbonyl (C=O) groups is 1. The van der Waals surface area contributed by atoms with Gasteiger partial charge in [0.2, 0.25) is 0 Å². The third-order valence-corrected chi connectivity index (χ3v) is 6.15. The van der Waals surface area contributed by atoms with Crippen molar-refractivity contribution in [3.05, 3.63) is 50.8 Å². The second kappa shape index (κ2) is 5.46. The molecule has 0 amide bonds. The molecule has 4 heterocycles. The Kier molecular flexibility index (Phi) is 3.44. The highest BCUT2D eigenvalue weighted by molar-refractivity contribution is 7.19. The standard InChI is InChI=1S/C16H14N2O2S2/c19-16(20)13-6-11-2-4-18(9-15(11)22-13)8-12-5-10-1-3-17-7-14(10)21-12/h1,3,5-7H,2,4,8-9H2,(H,19,20). The molecule has 0 unspecified atom stereocenters. The van der Waals surface area contributed by atoms with E-state index in [4.69, 9.17) is 5.11 Å². The first-order chi connectivity index (χ1) is 10.7. The lowest BCUT2D eigenvalue weighted by Gasteiger charge is -2.25. The largest absolute Gasteiger partial charge is 0.477 e. The average Bonchev–Trinajstić information content (AvgIpc) is 3.09. The van der Waals surface area contributed by atoms with Crippen LogP contribution in [0.2, 0.25) is 0 Å². The Balaban J connectivity index is 1.53. The molecule has 0 radical (unpaired) electrons. The molecule has 1 aliphatic heterocycles. The Morgan fingerprint density at radius 3 is 3.09 bits per heavy atom. The summed E-state index contributed by atoms with van der Waals surface area (Å²) in [7, 11) is 0. The zero-order chi connectivity index (χ0) is 15.1. The molecule has 3 aromatic rings. The first-order valence-corrected chi connectivity index (χ1v) is 8.72. The topological polar surface area (TPSA) is 53.4 Å². The van der Waals surface area contributed by atoms with Gasteiger partial charge in [-0.15, -0.1) is 22.7 Å². The van der Waals surface area contributed by atoms with Crippen molar-refractivity contribution in [1.82, 2.24) is 9.88 Å². The summed E-state index contributed by atoms with van der Waals surface area (Å²) in [6.07, 6.45) is 4.67. The summed E-state index contributed by atoms with van der Waals surface area (Å²) in [6.45, 7) is 2.74. The molecule has 4 rings (SSSR count). The van der Waals surface area contributed by atoms with E-state index in [1.807, 2.05) is 24.5 Å². The van der Waals surface area contributed by atoms with Gasteiger partial charge in [0.25, 0.3) is 0 Å². The molecule has 0 aromatic carbocycles. The Labute approximate surface area is 135 Å². The predicted octanol–water partition coefficient (Wildman–Crippen LogP) is 3.61. The number of hydrogen-bond acceptors (Lipinski definition) is 5. The smallest absolute Gasteiger partial charge is 0.345 e. The first-order valence-electron chi connectivity index (χ1n) is 7.09. The molecule has 0 spiro atoms. The van der Waals surface area contributed by atoms with Crippen LogP contribution in [0, 0.1) is 0 Å². The number of carboxylic acid groups (broad SMARTS) is 1. The number of thiophene rings is 2. The molecule has 112 valence electrons. The molecule has 0 saturated heterocycles. The fourth-order valence-electron chi connectivity index (χ4n) is 2.85. The molecule has 6 heteroatoms. The van der Waals surface area contributed by atoms with Crippen molar-refractivity contribution in [3.63, 3.8) is 0 Å². The van der Waals surface area contributed by atoms with Gasteiger partial charge >= 0.3 is 5.97 Å². The van der Waals surface area contributed by atoms with Crippen LogP contribution in [0.25, 0.3) is 10.1 Å². The van der Waals surface area contributed by atoms with Crippen molar-refractivity contribution < 1.29 is 9.90 Å². The summed E-state index contributed by atoms with van der Waals surface area (Å²) in [4.78, 5) is 20.6. The molecule has 0 bridgehead atoms. The van der Waals surface area contributed by atoms with Crippen molar-refractivity contribution in [1.29, 1.82) is 0 Å². The molecule has 1 N–H and O–H groups in total. The van der Waals surface area contributed by atoms with Crippen molar-refractivity contribution in [3.8, 4) is 0 Å². The summed E-state index contributed by atoms with van der Waals surface area (Å²) in [5, 5.41) is 10.4. The molecule has 22 heavy (non-hydrogen) atoms. The van der Waals surface area contributed by atoms with Crippen molar-refractivity contribution in [2.45, 2.75) is 19.5 Å². The van der Waals surface area contributed by atoms with E-state index in [1.54, 1.807) is 11.3 Å². The van der Waals surface area contributed by atoms with Gasteiger partial charge in [-0.1, -0.05) is 0 Å². The summed E-state index contributed by atoms with van der Waals surface area (Å²) in [5.41, 5.74) is 1.21. The van der Waals surface area contributed by atoms with Crippen LogP contribution >= 0.6 is 22.7 Å². The monoisotopic (exact) mass is 330 g/mol. The molecule has 4 nitrogen and oxygen atoms in total. The third kappa shape index (κ3) is 2.54. The lowest BCUT2D eigenvalue weighted by Crippen LogP contribution is -2.28. The third-order valence-electron chi connectivity index (χ3n) is 3.93. The quantitative estimate of drug-likeness (QED) is 0.797. The lowest BCUT2D eigenvalue weighted by molar-refractivity contribution is 0.0702. The van der Waals surface area contributed by atoms with Crippen molar-refractivity contribution in [2.75, 3.05) is 6.54 Å². The number of rotatable bonds is 3. The van der Waals surface area contributed by atoms with Crippen LogP contribution in [0.3, 0.4) is 0 Å². The van der Waals surface area contributed by atoms with E-state index < -0.39 is 5.97 Å². The number of fused-ring (bicyclic) bond motifs is 2. The highest BCUT2D eigenvalue weighted by Gasteiger charge is 2.21. The Hall–Kier alpha value is -1.76. The van der Waals surface area contributed by atoms with Crippen LogP contribution in [-0.4, -0.2) is 27.5 Å². The van der Waals surface area contributed by atoms with Crippen molar-refractivity contribution in [2.24, 2.45) is 0 Å². The van der Waals surface area contributed by atoms with E-state index in [0.29, 0.717) is 4.88 Å². The fraction of sp³-hybridized carbons (Fsp3) is 0.250. The van der Waals surface area contributed by atoms with E-state index >= 15 is 0 Å². The normalized spacial score (nSPS) is 15.1. The fourth-order valence-corrected chi connectivity index (χ4v) is 5.02. The number of aromatic nitrogens is 1. The van der Waals surface area contributed by atoms with Gasteiger partial charge in [-0.25, -0.2) is 4.79 Å². The second-order valence-electron chi connectivity index (χ2n) is 5.45. The highest BCUT2D eigenvalue weighted by Crippen LogP contribution is 2.31. The maximum atomic E-state index is 11.1. The van der Waals surface area contributed by atoms with Gasteiger partial charge in [0, 0.05) is 41.8 Å². The molecule has 0 aliphatic carbocycles. The van der Waals surface area contributed by atoms with Crippen LogP contribution in [0.15, 0.2) is 30.6 Å². The van der Waals surface area contributed by atoms with Gasteiger partial charge in [-0.3, -0.25) is 9.88 Å². The first kappa shape index (κ1) is 13.9. The second-order valence-corrected chi connectivity index (χ2v) is 7.76. The summed E-state index contributed by atoms with van der Waals surface area (Å²) < 4.78 is 1.22. The average molecular weight is 330 g/mol. The Bertz CT molecular complexity index is 820. The number of carboxylic acids is 1. The minimum absolute atomic E-state index is 0.458. The molecular weight excluding hydrogens is 316 g/mol. The number of pyridine rings is 1. The van der Waals surface area contributed by atoms with Crippen LogP contribution in [0.1, 0.15) is 25.0 Å². The van der Waals surface area contributed by atoms with Gasteiger partial charge in [-0.05, 0) is 35.6 Å². The van der Waals surface area contributed by atoms with Gasteiger partial charge in [0.1, 0.15) is 4.88 Å². The number of nitrogens with zero attached hydrogens (tertiary/aromatic N) is 2. The van der Waals surface area contributed by atoms with Crippen LogP contribution in [0.5, 0.6) is 0 Å². The van der Waals surface area contributed by atoms with Gasteiger partial charge in [0.05, 0.1) is 4.70 Å². The molecule has 0 atom stereocenters. The molecule has 0 saturated carbocycles. The molecular formula is C16H14N2O2S2. The molecule has 1 aliphatic rings. The maximum absolute atomic E-state index is 11.1. The van der Waals surface area contributed by atoms with E-state index in [9.17, 15) is 4.79 Å². The van der Waals surface area contributed by atoms with Crippen molar-refractivity contribution >= 4 is 38.7 Å². The summed E-state index contributed by atoms with van der Waals surface area (Å²) >= 11 is 3.20. The van der Waals surface area contributed by atoms with Gasteiger partial charge < -0.3 is 5.11 Å². The summed E-state index contributed by atoms with van der Waals surface area (Å²) in [6, 6.07) is 6.11. The molecule has 0 fully saturated rings. The minimum atomic E-state index is -0.817. The minimum Gasteiger partial charge on any atom is -0.477 e.